The summed E-state index contributed by atoms with van der Waals surface area (Å²) in [7, 11) is 1.48. The summed E-state index contributed by atoms with van der Waals surface area (Å²) in [6.07, 6.45) is 2.54. The summed E-state index contributed by atoms with van der Waals surface area (Å²) in [5.74, 6) is -0.323. The monoisotopic (exact) mass is 371 g/mol. The van der Waals surface area contributed by atoms with Crippen molar-refractivity contribution in [1.29, 1.82) is 0 Å². The van der Waals surface area contributed by atoms with Gasteiger partial charge in [0.25, 0.3) is 0 Å². The van der Waals surface area contributed by atoms with Gasteiger partial charge >= 0.3 is 5.97 Å². The Balaban J connectivity index is 1.58. The number of methoxy groups -OCH3 is 1. The molecule has 3 rings (SSSR count). The van der Waals surface area contributed by atoms with Crippen LogP contribution in [-0.4, -0.2) is 30.5 Å². The number of ether oxygens (including phenoxy) is 2. The summed E-state index contributed by atoms with van der Waals surface area (Å²) in [5.41, 5.74) is 1.63. The van der Waals surface area contributed by atoms with E-state index in [-0.39, 0.29) is 11.7 Å². The number of hydrogen-bond donors (Lipinski definition) is 0. The average Bonchev–Trinajstić information content (AvgIpc) is 3.07. The van der Waals surface area contributed by atoms with Gasteiger partial charge in [0, 0.05) is 17.7 Å². The summed E-state index contributed by atoms with van der Waals surface area (Å²) in [6, 6.07) is 11.8. The van der Waals surface area contributed by atoms with Gasteiger partial charge in [-0.2, -0.15) is 0 Å². The molecule has 0 atom stereocenters. The Labute approximate surface area is 154 Å². The average molecular weight is 372 g/mol. The van der Waals surface area contributed by atoms with Crippen LogP contribution in [0.5, 0.6) is 5.75 Å². The molecule has 0 unspecified atom stereocenters. The maximum absolute atomic E-state index is 12.1. The summed E-state index contributed by atoms with van der Waals surface area (Å²) >= 11 is 5.97. The van der Waals surface area contributed by atoms with Crippen LogP contribution in [0.4, 0.5) is 0 Å². The third-order valence-electron chi connectivity index (χ3n) is 3.49. The molecular formula is C19H14ClNO5. The van der Waals surface area contributed by atoms with Gasteiger partial charge in [0.15, 0.2) is 18.0 Å². The van der Waals surface area contributed by atoms with E-state index in [1.165, 1.54) is 19.3 Å². The highest BCUT2D eigenvalue weighted by Gasteiger charge is 2.11. The fourth-order valence-corrected chi connectivity index (χ4v) is 2.47. The molecule has 0 N–H and O–H groups in total. The quantitative estimate of drug-likeness (QED) is 0.371. The fraction of sp³-hybridized carbons (Fsp3) is 0.105. The summed E-state index contributed by atoms with van der Waals surface area (Å²) in [6.45, 7) is -0.403. The van der Waals surface area contributed by atoms with Crippen LogP contribution in [0.2, 0.25) is 5.02 Å². The first-order chi connectivity index (χ1) is 12.6. The Morgan fingerprint density at radius 3 is 2.77 bits per heavy atom. The number of oxazole rings is 1. The van der Waals surface area contributed by atoms with Gasteiger partial charge < -0.3 is 13.9 Å². The fourth-order valence-electron chi connectivity index (χ4n) is 2.21. The molecule has 0 bridgehead atoms. The van der Waals surface area contributed by atoms with E-state index < -0.39 is 12.6 Å². The van der Waals surface area contributed by atoms with E-state index in [4.69, 9.17) is 25.5 Å². The van der Waals surface area contributed by atoms with E-state index in [1.54, 1.807) is 24.3 Å². The maximum atomic E-state index is 12.1. The number of carbonyl (C=O) groups is 2. The lowest BCUT2D eigenvalue weighted by atomic mass is 10.1. The van der Waals surface area contributed by atoms with Crippen LogP contribution in [0.15, 0.2) is 53.0 Å². The van der Waals surface area contributed by atoms with Crippen LogP contribution in [0.3, 0.4) is 0 Å². The third-order valence-corrected chi connectivity index (χ3v) is 3.79. The van der Waals surface area contributed by atoms with Crippen molar-refractivity contribution in [3.05, 3.63) is 65.0 Å². The Hall–Kier alpha value is -3.12. The predicted octanol–water partition coefficient (Wildman–Crippen LogP) is 3.93. The third kappa shape index (κ3) is 4.10. The standard InChI is InChI=1S/C19H14ClNO5/c1-24-16-7-6-12(10-13(16)20)15(22)11-25-19(23)9-8-18-21-14-4-2-3-5-17(14)26-18/h2-10H,11H2,1H3/b9-8+. The molecule has 3 aromatic rings. The zero-order valence-electron chi connectivity index (χ0n) is 13.8. The highest BCUT2D eigenvalue weighted by atomic mass is 35.5. The van der Waals surface area contributed by atoms with Gasteiger partial charge in [0.2, 0.25) is 5.89 Å². The van der Waals surface area contributed by atoms with E-state index in [2.05, 4.69) is 4.98 Å². The number of Topliss-reactive ketones (excluding diaryl/α,β-unsaturated/α-hetero) is 1. The van der Waals surface area contributed by atoms with E-state index in [1.807, 2.05) is 12.1 Å². The molecule has 132 valence electrons. The summed E-state index contributed by atoms with van der Waals surface area (Å²) < 4.78 is 15.4. The molecular weight excluding hydrogens is 358 g/mol. The lowest BCUT2D eigenvalue weighted by Crippen LogP contribution is -2.12. The normalized spacial score (nSPS) is 11.0. The van der Waals surface area contributed by atoms with Gasteiger partial charge in [-0.1, -0.05) is 23.7 Å². The number of para-hydroxylation sites is 2. The number of hydrogen-bond acceptors (Lipinski definition) is 6. The number of benzene rings is 2. The molecule has 0 fully saturated rings. The molecule has 0 aliphatic heterocycles. The van der Waals surface area contributed by atoms with Crippen molar-refractivity contribution in [1.82, 2.24) is 4.98 Å². The van der Waals surface area contributed by atoms with Crippen molar-refractivity contribution in [2.45, 2.75) is 0 Å². The molecule has 26 heavy (non-hydrogen) atoms. The molecule has 7 heteroatoms. The molecule has 6 nitrogen and oxygen atoms in total. The van der Waals surface area contributed by atoms with E-state index in [9.17, 15) is 9.59 Å². The van der Waals surface area contributed by atoms with Crippen LogP contribution in [0, 0.1) is 0 Å². The second kappa shape index (κ2) is 7.84. The molecule has 0 aliphatic rings. The number of ketones is 1. The van der Waals surface area contributed by atoms with Crippen molar-refractivity contribution in [2.75, 3.05) is 13.7 Å². The first kappa shape index (κ1) is 17.7. The van der Waals surface area contributed by atoms with Gasteiger partial charge in [-0.25, -0.2) is 9.78 Å². The lowest BCUT2D eigenvalue weighted by molar-refractivity contribution is -0.136. The SMILES string of the molecule is COc1ccc(C(=O)COC(=O)/C=C/c2nc3ccccc3o2)cc1Cl. The van der Waals surface area contributed by atoms with Gasteiger partial charge in [-0.15, -0.1) is 0 Å². The van der Waals surface area contributed by atoms with Crippen molar-refractivity contribution in [3.8, 4) is 5.75 Å². The van der Waals surface area contributed by atoms with Crippen LogP contribution >= 0.6 is 11.6 Å². The Bertz CT molecular complexity index is 960. The Morgan fingerprint density at radius 2 is 2.04 bits per heavy atom. The van der Waals surface area contributed by atoms with E-state index in [0.717, 1.165) is 6.08 Å². The number of aromatic nitrogens is 1. The molecule has 0 saturated heterocycles. The largest absolute Gasteiger partial charge is 0.495 e. The number of carbonyl (C=O) groups excluding carboxylic acids is 2. The predicted molar refractivity (Wildman–Crippen MR) is 96.3 cm³/mol. The van der Waals surface area contributed by atoms with Gasteiger partial charge in [0.05, 0.1) is 12.1 Å². The summed E-state index contributed by atoms with van der Waals surface area (Å²) in [5, 5.41) is 0.306. The Kier molecular flexibility index (Phi) is 5.34. The minimum atomic E-state index is -0.680. The zero-order valence-corrected chi connectivity index (χ0v) is 14.5. The van der Waals surface area contributed by atoms with Crippen LogP contribution in [0.25, 0.3) is 17.2 Å². The first-order valence-electron chi connectivity index (χ1n) is 7.64. The van der Waals surface area contributed by atoms with Crippen molar-refractivity contribution in [3.63, 3.8) is 0 Å². The maximum Gasteiger partial charge on any atom is 0.331 e. The molecule has 0 aliphatic carbocycles. The van der Waals surface area contributed by atoms with Gasteiger partial charge in [-0.05, 0) is 30.3 Å². The number of esters is 1. The number of halogens is 1. The highest BCUT2D eigenvalue weighted by Crippen LogP contribution is 2.25. The molecule has 1 aromatic heterocycles. The van der Waals surface area contributed by atoms with Crippen molar-refractivity contribution >= 4 is 40.5 Å². The van der Waals surface area contributed by atoms with E-state index >= 15 is 0 Å². The molecule has 2 aromatic carbocycles. The number of rotatable bonds is 6. The van der Waals surface area contributed by atoms with Crippen LogP contribution < -0.4 is 4.74 Å². The molecule has 1 heterocycles. The number of fused-ring (bicyclic) bond motifs is 1. The molecule has 0 spiro atoms. The number of nitrogens with zero attached hydrogens (tertiary/aromatic N) is 1. The zero-order chi connectivity index (χ0) is 18.5. The van der Waals surface area contributed by atoms with Crippen LogP contribution in [0.1, 0.15) is 16.2 Å². The van der Waals surface area contributed by atoms with Crippen molar-refractivity contribution in [2.24, 2.45) is 0 Å². The molecule has 0 saturated carbocycles. The minimum Gasteiger partial charge on any atom is -0.495 e. The van der Waals surface area contributed by atoms with Gasteiger partial charge in [0.1, 0.15) is 11.3 Å². The van der Waals surface area contributed by atoms with Crippen molar-refractivity contribution < 1.29 is 23.5 Å². The molecule has 0 amide bonds. The minimum absolute atomic E-state index is 0.274. The van der Waals surface area contributed by atoms with Gasteiger partial charge in [-0.3, -0.25) is 4.79 Å². The molecule has 0 radical (unpaired) electrons. The van der Waals surface area contributed by atoms with Crippen LogP contribution in [-0.2, 0) is 9.53 Å². The Morgan fingerprint density at radius 1 is 1.23 bits per heavy atom. The van der Waals surface area contributed by atoms with E-state index in [0.29, 0.717) is 27.4 Å². The lowest BCUT2D eigenvalue weighted by Gasteiger charge is -2.05. The summed E-state index contributed by atoms with van der Waals surface area (Å²) in [4.78, 5) is 28.0. The second-order valence-electron chi connectivity index (χ2n) is 5.23. The second-order valence-corrected chi connectivity index (χ2v) is 5.64. The topological polar surface area (TPSA) is 78.6 Å². The smallest absolute Gasteiger partial charge is 0.331 e. The first-order valence-corrected chi connectivity index (χ1v) is 8.02. The highest BCUT2D eigenvalue weighted by molar-refractivity contribution is 6.32.